The normalized spacial score (nSPS) is 22.4. The number of hydrogen-bond donors (Lipinski definition) is 1. The van der Waals surface area contributed by atoms with Crippen molar-refractivity contribution in [3.05, 3.63) is 29.3 Å². The molecule has 1 aliphatic rings. The smallest absolute Gasteiger partial charge is 0.228 e. The zero-order chi connectivity index (χ0) is 13.2. The first kappa shape index (κ1) is 13.4. The summed E-state index contributed by atoms with van der Waals surface area (Å²) in [6, 6.07) is 6.80. The Labute approximate surface area is 111 Å². The van der Waals surface area contributed by atoms with Crippen LogP contribution in [0.1, 0.15) is 12.8 Å². The Kier molecular flexibility index (Phi) is 3.92. The van der Waals surface area contributed by atoms with Crippen LogP contribution in [0.2, 0.25) is 5.02 Å². The lowest BCUT2D eigenvalue weighted by atomic mass is 10.0. The first-order valence-electron chi connectivity index (χ1n) is 5.73. The van der Waals surface area contributed by atoms with E-state index in [2.05, 4.69) is 5.32 Å². The third-order valence-corrected chi connectivity index (χ3v) is 4.98. The number of amides is 1. The fourth-order valence-corrected chi connectivity index (χ4v) is 3.93. The molecule has 1 fully saturated rings. The molecule has 0 aliphatic carbocycles. The number of benzene rings is 1. The van der Waals surface area contributed by atoms with Crippen LogP contribution in [0, 0.1) is 5.92 Å². The minimum Gasteiger partial charge on any atom is -0.326 e. The summed E-state index contributed by atoms with van der Waals surface area (Å²) in [6.07, 6.45) is 1.17. The van der Waals surface area contributed by atoms with Gasteiger partial charge in [0.1, 0.15) is 0 Å². The molecule has 1 atom stereocenters. The van der Waals surface area contributed by atoms with Crippen molar-refractivity contribution < 1.29 is 13.2 Å². The maximum atomic E-state index is 11.9. The van der Waals surface area contributed by atoms with E-state index < -0.39 is 15.8 Å². The van der Waals surface area contributed by atoms with Gasteiger partial charge in [-0.25, -0.2) is 8.42 Å². The van der Waals surface area contributed by atoms with Crippen LogP contribution in [0.25, 0.3) is 0 Å². The van der Waals surface area contributed by atoms with Gasteiger partial charge in [0.05, 0.1) is 17.4 Å². The molecule has 1 N–H and O–H groups in total. The van der Waals surface area contributed by atoms with Crippen molar-refractivity contribution in [3.8, 4) is 0 Å². The second-order valence-corrected chi connectivity index (χ2v) is 7.12. The van der Waals surface area contributed by atoms with Crippen LogP contribution < -0.4 is 5.32 Å². The second-order valence-electron chi connectivity index (χ2n) is 4.45. The number of carbonyl (C=O) groups is 1. The molecular formula is C12H14ClNO3S. The van der Waals surface area contributed by atoms with Gasteiger partial charge in [0.2, 0.25) is 5.91 Å². The van der Waals surface area contributed by atoms with Gasteiger partial charge in [-0.3, -0.25) is 4.79 Å². The maximum absolute atomic E-state index is 11.9. The zero-order valence-electron chi connectivity index (χ0n) is 9.73. The van der Waals surface area contributed by atoms with Crippen molar-refractivity contribution in [1.29, 1.82) is 0 Å². The van der Waals surface area contributed by atoms with E-state index in [1.54, 1.807) is 24.3 Å². The highest BCUT2D eigenvalue weighted by atomic mass is 35.5. The first-order chi connectivity index (χ1) is 8.46. The van der Waals surface area contributed by atoms with Gasteiger partial charge in [-0.2, -0.15) is 0 Å². The molecule has 0 spiro atoms. The van der Waals surface area contributed by atoms with E-state index in [1.807, 2.05) is 0 Å². The van der Waals surface area contributed by atoms with Gasteiger partial charge in [0.15, 0.2) is 9.84 Å². The average molecular weight is 288 g/mol. The Hall–Kier alpha value is -1.07. The largest absolute Gasteiger partial charge is 0.326 e. The van der Waals surface area contributed by atoms with Gasteiger partial charge >= 0.3 is 0 Å². The van der Waals surface area contributed by atoms with Crippen LogP contribution in [-0.2, 0) is 14.6 Å². The van der Waals surface area contributed by atoms with E-state index in [9.17, 15) is 13.2 Å². The van der Waals surface area contributed by atoms with E-state index in [0.717, 1.165) is 0 Å². The quantitative estimate of drug-likeness (QED) is 0.906. The van der Waals surface area contributed by atoms with Crippen molar-refractivity contribution in [2.75, 3.05) is 16.8 Å². The van der Waals surface area contributed by atoms with E-state index in [-0.39, 0.29) is 17.4 Å². The fourth-order valence-electron chi connectivity index (χ4n) is 2.04. The van der Waals surface area contributed by atoms with Crippen molar-refractivity contribution in [2.45, 2.75) is 12.8 Å². The summed E-state index contributed by atoms with van der Waals surface area (Å²) < 4.78 is 22.9. The molecule has 1 aliphatic heterocycles. The third kappa shape index (κ3) is 3.46. The van der Waals surface area contributed by atoms with E-state index in [1.165, 1.54) is 0 Å². The lowest BCUT2D eigenvalue weighted by Crippen LogP contribution is -2.34. The minimum atomic E-state index is -3.06. The van der Waals surface area contributed by atoms with Gasteiger partial charge in [-0.05, 0) is 31.0 Å². The molecule has 1 aromatic carbocycles. The van der Waals surface area contributed by atoms with Crippen LogP contribution >= 0.6 is 11.6 Å². The van der Waals surface area contributed by atoms with Crippen molar-refractivity contribution in [1.82, 2.24) is 0 Å². The molecule has 0 bridgehead atoms. The molecule has 1 unspecified atom stereocenters. The highest BCUT2D eigenvalue weighted by Crippen LogP contribution is 2.21. The molecule has 18 heavy (non-hydrogen) atoms. The summed E-state index contributed by atoms with van der Waals surface area (Å²) in [5.74, 6) is -0.573. The SMILES string of the molecule is O=C(Nc1cccc(Cl)c1)C1CCCS(=O)(=O)C1. The summed E-state index contributed by atoms with van der Waals surface area (Å²) in [5.41, 5.74) is 0.593. The lowest BCUT2D eigenvalue weighted by molar-refractivity contribution is -0.119. The minimum absolute atomic E-state index is 0.0562. The summed E-state index contributed by atoms with van der Waals surface area (Å²) in [7, 11) is -3.06. The predicted octanol–water partition coefficient (Wildman–Crippen LogP) is 2.10. The second kappa shape index (κ2) is 5.28. The first-order valence-corrected chi connectivity index (χ1v) is 7.93. The molecule has 1 saturated heterocycles. The molecule has 0 radical (unpaired) electrons. The summed E-state index contributed by atoms with van der Waals surface area (Å²) in [4.78, 5) is 11.9. The van der Waals surface area contributed by atoms with Crippen molar-refractivity contribution in [2.24, 2.45) is 5.92 Å². The summed E-state index contributed by atoms with van der Waals surface area (Å²) in [5, 5.41) is 3.23. The Bertz CT molecular complexity index is 556. The highest BCUT2D eigenvalue weighted by Gasteiger charge is 2.29. The van der Waals surface area contributed by atoms with Crippen molar-refractivity contribution >= 4 is 33.0 Å². The van der Waals surface area contributed by atoms with Crippen molar-refractivity contribution in [3.63, 3.8) is 0 Å². The lowest BCUT2D eigenvalue weighted by Gasteiger charge is -2.21. The third-order valence-electron chi connectivity index (χ3n) is 2.93. The zero-order valence-corrected chi connectivity index (χ0v) is 11.3. The number of rotatable bonds is 2. The Morgan fingerprint density at radius 3 is 2.83 bits per heavy atom. The maximum Gasteiger partial charge on any atom is 0.228 e. The standard InChI is InChI=1S/C12H14ClNO3S/c13-10-4-1-5-11(7-10)14-12(15)9-3-2-6-18(16,17)8-9/h1,4-5,7,9H,2-3,6,8H2,(H,14,15). The Morgan fingerprint density at radius 2 is 2.17 bits per heavy atom. The average Bonchev–Trinajstić information content (AvgIpc) is 2.27. The van der Waals surface area contributed by atoms with Crippen LogP contribution in [0.15, 0.2) is 24.3 Å². The monoisotopic (exact) mass is 287 g/mol. The van der Waals surface area contributed by atoms with Gasteiger partial charge < -0.3 is 5.32 Å². The number of halogens is 1. The van der Waals surface area contributed by atoms with Gasteiger partial charge in [-0.1, -0.05) is 17.7 Å². The molecule has 98 valence electrons. The summed E-state index contributed by atoms with van der Waals surface area (Å²) >= 11 is 5.81. The van der Waals surface area contributed by atoms with E-state index in [4.69, 9.17) is 11.6 Å². The predicted molar refractivity (Wildman–Crippen MR) is 71.5 cm³/mol. The molecule has 0 aromatic heterocycles. The fraction of sp³-hybridized carbons (Fsp3) is 0.417. The molecule has 6 heteroatoms. The van der Waals surface area contributed by atoms with Gasteiger partial charge in [0.25, 0.3) is 0 Å². The Balaban J connectivity index is 2.04. The highest BCUT2D eigenvalue weighted by molar-refractivity contribution is 7.91. The number of hydrogen-bond acceptors (Lipinski definition) is 3. The van der Waals surface area contributed by atoms with Gasteiger partial charge in [0, 0.05) is 10.7 Å². The molecule has 1 aromatic rings. The van der Waals surface area contributed by atoms with Crippen LogP contribution in [0.3, 0.4) is 0 Å². The van der Waals surface area contributed by atoms with Crippen LogP contribution in [0.4, 0.5) is 5.69 Å². The molecule has 1 heterocycles. The summed E-state index contributed by atoms with van der Waals surface area (Å²) in [6.45, 7) is 0. The number of carbonyl (C=O) groups excluding carboxylic acids is 1. The molecule has 2 rings (SSSR count). The molecular weight excluding hydrogens is 274 g/mol. The number of anilines is 1. The van der Waals surface area contributed by atoms with Crippen LogP contribution in [-0.4, -0.2) is 25.8 Å². The molecule has 1 amide bonds. The van der Waals surface area contributed by atoms with Crippen LogP contribution in [0.5, 0.6) is 0 Å². The molecule has 0 saturated carbocycles. The Morgan fingerprint density at radius 1 is 1.39 bits per heavy atom. The van der Waals surface area contributed by atoms with E-state index in [0.29, 0.717) is 23.6 Å². The topological polar surface area (TPSA) is 63.2 Å². The number of sulfone groups is 1. The van der Waals surface area contributed by atoms with Gasteiger partial charge in [-0.15, -0.1) is 0 Å². The number of nitrogens with one attached hydrogen (secondary N) is 1. The molecule has 4 nitrogen and oxygen atoms in total. The van der Waals surface area contributed by atoms with E-state index >= 15 is 0 Å².